The summed E-state index contributed by atoms with van der Waals surface area (Å²) >= 11 is 0. The quantitative estimate of drug-likeness (QED) is 0.711. The van der Waals surface area contributed by atoms with E-state index >= 15 is 0 Å². The molecule has 4 rings (SSSR count). The van der Waals surface area contributed by atoms with Crippen molar-refractivity contribution in [2.24, 2.45) is 7.05 Å². The third kappa shape index (κ3) is 4.29. The molecule has 5 heteroatoms. The SMILES string of the molecule is Cn1cc(OCc2ccccc2)c(=O)cc1CN1CC(C)(C)Nc2ccccc21. The molecule has 2 aromatic carbocycles. The van der Waals surface area contributed by atoms with Crippen molar-refractivity contribution in [3.63, 3.8) is 0 Å². The van der Waals surface area contributed by atoms with Crippen LogP contribution in [0.4, 0.5) is 11.4 Å². The van der Waals surface area contributed by atoms with Gasteiger partial charge < -0.3 is 19.5 Å². The number of anilines is 2. The summed E-state index contributed by atoms with van der Waals surface area (Å²) in [7, 11) is 1.96. The summed E-state index contributed by atoms with van der Waals surface area (Å²) in [5, 5.41) is 3.59. The van der Waals surface area contributed by atoms with Crippen LogP contribution < -0.4 is 20.4 Å². The van der Waals surface area contributed by atoms with Gasteiger partial charge in [0.05, 0.1) is 24.1 Å². The molecule has 3 aromatic rings. The highest BCUT2D eigenvalue weighted by Gasteiger charge is 2.29. The van der Waals surface area contributed by atoms with Gasteiger partial charge in [-0.05, 0) is 31.5 Å². The molecule has 0 aliphatic carbocycles. The minimum atomic E-state index is -0.0864. The molecule has 0 spiro atoms. The van der Waals surface area contributed by atoms with Crippen LogP contribution in [-0.4, -0.2) is 16.7 Å². The number of fused-ring (bicyclic) bond motifs is 1. The van der Waals surface area contributed by atoms with E-state index in [1.165, 1.54) is 0 Å². The maximum Gasteiger partial charge on any atom is 0.223 e. The predicted molar refractivity (Wildman–Crippen MR) is 118 cm³/mol. The molecule has 0 saturated carbocycles. The number of nitrogens with one attached hydrogen (secondary N) is 1. The lowest BCUT2D eigenvalue weighted by Gasteiger charge is -2.42. The molecule has 0 bridgehead atoms. The van der Waals surface area contributed by atoms with Crippen molar-refractivity contribution in [3.05, 3.63) is 88.3 Å². The van der Waals surface area contributed by atoms with Crippen molar-refractivity contribution in [2.45, 2.75) is 32.5 Å². The lowest BCUT2D eigenvalue weighted by atomic mass is 9.99. The Hall–Kier alpha value is -3.21. The first-order valence-electron chi connectivity index (χ1n) is 9.90. The molecular weight excluding hydrogens is 362 g/mol. The molecule has 2 heterocycles. The molecule has 0 radical (unpaired) electrons. The molecule has 29 heavy (non-hydrogen) atoms. The van der Waals surface area contributed by atoms with Crippen LogP contribution in [0.25, 0.3) is 0 Å². The third-order valence-electron chi connectivity index (χ3n) is 5.20. The van der Waals surface area contributed by atoms with E-state index in [9.17, 15) is 4.79 Å². The van der Waals surface area contributed by atoms with E-state index in [4.69, 9.17) is 4.74 Å². The number of pyridine rings is 1. The Bertz CT molecular complexity index is 1060. The van der Waals surface area contributed by atoms with Crippen molar-refractivity contribution < 1.29 is 4.74 Å². The van der Waals surface area contributed by atoms with Gasteiger partial charge in [0.1, 0.15) is 6.61 Å². The first-order valence-corrected chi connectivity index (χ1v) is 9.90. The molecule has 1 aliphatic rings. The maximum atomic E-state index is 12.7. The monoisotopic (exact) mass is 389 g/mol. The van der Waals surface area contributed by atoms with E-state index < -0.39 is 0 Å². The molecule has 0 unspecified atom stereocenters. The van der Waals surface area contributed by atoms with E-state index in [1.807, 2.05) is 54.1 Å². The lowest BCUT2D eigenvalue weighted by molar-refractivity contribution is 0.300. The number of para-hydroxylation sites is 2. The van der Waals surface area contributed by atoms with E-state index in [-0.39, 0.29) is 11.0 Å². The molecular formula is C24H27N3O2. The Morgan fingerprint density at radius 1 is 1.07 bits per heavy atom. The number of aromatic nitrogens is 1. The van der Waals surface area contributed by atoms with Gasteiger partial charge in [-0.1, -0.05) is 42.5 Å². The van der Waals surface area contributed by atoms with Crippen LogP contribution in [0.5, 0.6) is 5.75 Å². The number of rotatable bonds is 5. The highest BCUT2D eigenvalue weighted by Crippen LogP contribution is 2.34. The molecule has 0 atom stereocenters. The van der Waals surface area contributed by atoms with Gasteiger partial charge in [-0.2, -0.15) is 0 Å². The van der Waals surface area contributed by atoms with Gasteiger partial charge in [-0.3, -0.25) is 4.79 Å². The summed E-state index contributed by atoms with van der Waals surface area (Å²) in [6.45, 7) is 6.27. The maximum absolute atomic E-state index is 12.7. The van der Waals surface area contributed by atoms with E-state index in [0.29, 0.717) is 18.9 Å². The minimum absolute atomic E-state index is 0.0496. The average molecular weight is 389 g/mol. The van der Waals surface area contributed by atoms with Crippen LogP contribution in [0.1, 0.15) is 25.1 Å². The summed E-state index contributed by atoms with van der Waals surface area (Å²) in [4.78, 5) is 15.0. The highest BCUT2D eigenvalue weighted by molar-refractivity contribution is 5.73. The fraction of sp³-hybridized carbons (Fsp3) is 0.292. The van der Waals surface area contributed by atoms with Gasteiger partial charge in [0.15, 0.2) is 5.75 Å². The molecule has 1 aliphatic heterocycles. The Balaban J connectivity index is 1.55. The number of ether oxygens (including phenoxy) is 1. The van der Waals surface area contributed by atoms with Crippen LogP contribution in [0.3, 0.4) is 0 Å². The second-order valence-corrected chi connectivity index (χ2v) is 8.26. The molecule has 1 aromatic heterocycles. The summed E-state index contributed by atoms with van der Waals surface area (Å²) in [6.07, 6.45) is 1.79. The number of hydrogen-bond acceptors (Lipinski definition) is 4. The molecule has 150 valence electrons. The second-order valence-electron chi connectivity index (χ2n) is 8.26. The summed E-state index contributed by atoms with van der Waals surface area (Å²) in [5.74, 6) is 0.376. The number of nitrogens with zero attached hydrogens (tertiary/aromatic N) is 2. The topological polar surface area (TPSA) is 46.5 Å². The van der Waals surface area contributed by atoms with Crippen molar-refractivity contribution in [1.82, 2.24) is 4.57 Å². The Morgan fingerprint density at radius 2 is 1.79 bits per heavy atom. The van der Waals surface area contributed by atoms with Crippen LogP contribution >= 0.6 is 0 Å². The number of hydrogen-bond donors (Lipinski definition) is 1. The summed E-state index contributed by atoms with van der Waals surface area (Å²) in [6, 6.07) is 19.9. The largest absolute Gasteiger partial charge is 0.483 e. The second kappa shape index (κ2) is 7.66. The molecule has 0 fully saturated rings. The van der Waals surface area contributed by atoms with Gasteiger partial charge in [-0.15, -0.1) is 0 Å². The first kappa shape index (κ1) is 19.1. The van der Waals surface area contributed by atoms with E-state index in [1.54, 1.807) is 12.3 Å². The molecule has 1 N–H and O–H groups in total. The normalized spacial score (nSPS) is 14.8. The van der Waals surface area contributed by atoms with Crippen LogP contribution in [-0.2, 0) is 20.2 Å². The van der Waals surface area contributed by atoms with E-state index in [0.717, 1.165) is 29.2 Å². The molecule has 0 amide bonds. The third-order valence-corrected chi connectivity index (χ3v) is 5.20. The lowest BCUT2D eigenvalue weighted by Crippen LogP contribution is -2.48. The Labute approximate surface area is 171 Å². The zero-order valence-electron chi connectivity index (χ0n) is 17.2. The molecule has 0 saturated heterocycles. The van der Waals surface area contributed by atoms with Gasteiger partial charge in [0, 0.05) is 30.9 Å². The van der Waals surface area contributed by atoms with Crippen LogP contribution in [0, 0.1) is 0 Å². The average Bonchev–Trinajstić information content (AvgIpc) is 2.69. The summed E-state index contributed by atoms with van der Waals surface area (Å²) < 4.78 is 7.77. The number of benzene rings is 2. The van der Waals surface area contributed by atoms with Gasteiger partial charge in [0.25, 0.3) is 0 Å². The Morgan fingerprint density at radius 3 is 2.59 bits per heavy atom. The summed E-state index contributed by atoms with van der Waals surface area (Å²) in [5.41, 5.74) is 4.14. The van der Waals surface area contributed by atoms with Gasteiger partial charge >= 0.3 is 0 Å². The standard InChI is InChI=1S/C24H27N3O2/c1-24(2)17-27(21-12-8-7-11-20(21)25-24)14-19-13-22(28)23(15-26(19)3)29-16-18-9-5-4-6-10-18/h4-13,15,25H,14,16-17H2,1-3H3. The zero-order valence-corrected chi connectivity index (χ0v) is 17.2. The van der Waals surface area contributed by atoms with Crippen LogP contribution in [0.15, 0.2) is 71.7 Å². The van der Waals surface area contributed by atoms with Crippen molar-refractivity contribution >= 4 is 11.4 Å². The zero-order chi connectivity index (χ0) is 20.4. The predicted octanol–water partition coefficient (Wildman–Crippen LogP) is 4.18. The van der Waals surface area contributed by atoms with Crippen molar-refractivity contribution in [2.75, 3.05) is 16.8 Å². The minimum Gasteiger partial charge on any atom is -0.483 e. The molecule has 5 nitrogen and oxygen atoms in total. The fourth-order valence-electron chi connectivity index (χ4n) is 3.81. The van der Waals surface area contributed by atoms with Crippen LogP contribution in [0.2, 0.25) is 0 Å². The highest BCUT2D eigenvalue weighted by atomic mass is 16.5. The van der Waals surface area contributed by atoms with Crippen molar-refractivity contribution in [3.8, 4) is 5.75 Å². The fourth-order valence-corrected chi connectivity index (χ4v) is 3.81. The van der Waals surface area contributed by atoms with Gasteiger partial charge in [0.2, 0.25) is 5.43 Å². The smallest absolute Gasteiger partial charge is 0.223 e. The Kier molecular flexibility index (Phi) is 5.05. The van der Waals surface area contributed by atoms with E-state index in [2.05, 4.69) is 36.2 Å². The van der Waals surface area contributed by atoms with Gasteiger partial charge in [-0.25, -0.2) is 0 Å². The first-order chi connectivity index (χ1) is 13.9. The van der Waals surface area contributed by atoms with Crippen molar-refractivity contribution in [1.29, 1.82) is 0 Å². The number of aryl methyl sites for hydroxylation is 1.